The summed E-state index contributed by atoms with van der Waals surface area (Å²) >= 11 is 0. The maximum absolute atomic E-state index is 11.9. The number of rotatable bonds is 4. The van der Waals surface area contributed by atoms with E-state index in [2.05, 4.69) is 0 Å². The first-order valence-corrected chi connectivity index (χ1v) is 6.63. The molecule has 4 nitrogen and oxygen atoms in total. The standard InChI is InChI=1S/C16H18O4/c1-5-13-11(4)15-9(2)6-12(19-8-10(3)17)7-14(15)20-16(13)18/h6-7H,5,8H2,1-4H3. The predicted octanol–water partition coefficient (Wildman–Crippen LogP) is 2.94. The maximum Gasteiger partial charge on any atom is 0.339 e. The van der Waals surface area contributed by atoms with Crippen LogP contribution in [-0.2, 0) is 11.2 Å². The lowest BCUT2D eigenvalue weighted by Gasteiger charge is -2.11. The fourth-order valence-electron chi connectivity index (χ4n) is 2.43. The average Bonchev–Trinajstić information content (AvgIpc) is 2.35. The molecule has 0 atom stereocenters. The van der Waals surface area contributed by atoms with Crippen molar-refractivity contribution in [1.29, 1.82) is 0 Å². The SMILES string of the molecule is CCc1c(C)c2c(C)cc(OCC(C)=O)cc2oc1=O. The van der Waals surface area contributed by atoms with Gasteiger partial charge in [0.25, 0.3) is 0 Å². The van der Waals surface area contributed by atoms with Crippen LogP contribution in [0.5, 0.6) is 5.75 Å². The molecule has 2 aromatic rings. The van der Waals surface area contributed by atoms with E-state index in [0.717, 1.165) is 16.5 Å². The largest absolute Gasteiger partial charge is 0.486 e. The molecule has 0 aliphatic carbocycles. The Bertz CT molecular complexity index is 725. The Balaban J connectivity index is 2.61. The number of fused-ring (bicyclic) bond motifs is 1. The number of aryl methyl sites for hydroxylation is 2. The molecule has 0 unspecified atom stereocenters. The van der Waals surface area contributed by atoms with Gasteiger partial charge in [-0.3, -0.25) is 4.79 Å². The summed E-state index contributed by atoms with van der Waals surface area (Å²) in [5, 5.41) is 0.941. The van der Waals surface area contributed by atoms with Crippen molar-refractivity contribution >= 4 is 16.8 Å². The number of ether oxygens (including phenoxy) is 1. The monoisotopic (exact) mass is 274 g/mol. The van der Waals surface area contributed by atoms with Gasteiger partial charge in [0.2, 0.25) is 0 Å². The van der Waals surface area contributed by atoms with Crippen LogP contribution in [0.15, 0.2) is 21.3 Å². The molecule has 0 aliphatic rings. The molecule has 0 fully saturated rings. The van der Waals surface area contributed by atoms with Gasteiger partial charge in [0, 0.05) is 17.0 Å². The second-order valence-electron chi connectivity index (χ2n) is 4.95. The second kappa shape index (κ2) is 5.49. The highest BCUT2D eigenvalue weighted by atomic mass is 16.5. The van der Waals surface area contributed by atoms with Crippen molar-refractivity contribution in [2.45, 2.75) is 34.1 Å². The van der Waals surface area contributed by atoms with Crippen molar-refractivity contribution in [2.24, 2.45) is 0 Å². The Morgan fingerprint density at radius 3 is 2.60 bits per heavy atom. The molecule has 1 aromatic heterocycles. The molecule has 0 aliphatic heterocycles. The van der Waals surface area contributed by atoms with Crippen LogP contribution in [0.25, 0.3) is 11.0 Å². The topological polar surface area (TPSA) is 56.5 Å². The fourth-order valence-corrected chi connectivity index (χ4v) is 2.43. The van der Waals surface area contributed by atoms with E-state index in [1.165, 1.54) is 6.92 Å². The predicted molar refractivity (Wildman–Crippen MR) is 77.5 cm³/mol. The summed E-state index contributed by atoms with van der Waals surface area (Å²) in [4.78, 5) is 22.9. The third-order valence-electron chi connectivity index (χ3n) is 3.35. The van der Waals surface area contributed by atoms with Gasteiger partial charge in [-0.05, 0) is 44.4 Å². The molecule has 0 amide bonds. The maximum atomic E-state index is 11.9. The zero-order valence-corrected chi connectivity index (χ0v) is 12.2. The number of Topliss-reactive ketones (excluding diaryl/α,β-unsaturated/α-hetero) is 1. The van der Waals surface area contributed by atoms with Crippen molar-refractivity contribution < 1.29 is 13.9 Å². The van der Waals surface area contributed by atoms with Gasteiger partial charge < -0.3 is 9.15 Å². The van der Waals surface area contributed by atoms with Crippen LogP contribution >= 0.6 is 0 Å². The average molecular weight is 274 g/mol. The molecule has 2 rings (SSSR count). The number of carbonyl (C=O) groups is 1. The minimum atomic E-state index is -0.305. The van der Waals surface area contributed by atoms with Crippen LogP contribution in [0.3, 0.4) is 0 Å². The number of hydrogen-bond donors (Lipinski definition) is 0. The van der Waals surface area contributed by atoms with E-state index in [1.54, 1.807) is 6.07 Å². The van der Waals surface area contributed by atoms with Crippen molar-refractivity contribution in [3.63, 3.8) is 0 Å². The first kappa shape index (κ1) is 14.3. The third kappa shape index (κ3) is 2.59. The van der Waals surface area contributed by atoms with Crippen molar-refractivity contribution in [3.05, 3.63) is 39.2 Å². The fraction of sp³-hybridized carbons (Fsp3) is 0.375. The quantitative estimate of drug-likeness (QED) is 0.804. The van der Waals surface area contributed by atoms with E-state index in [-0.39, 0.29) is 18.0 Å². The summed E-state index contributed by atoms with van der Waals surface area (Å²) in [5.41, 5.74) is 2.83. The number of hydrogen-bond acceptors (Lipinski definition) is 4. The summed E-state index contributed by atoms with van der Waals surface area (Å²) in [6, 6.07) is 3.52. The molecule has 0 saturated heterocycles. The highest BCUT2D eigenvalue weighted by Crippen LogP contribution is 2.28. The molecular formula is C16H18O4. The van der Waals surface area contributed by atoms with Crippen molar-refractivity contribution in [3.8, 4) is 5.75 Å². The lowest BCUT2D eigenvalue weighted by atomic mass is 10.0. The van der Waals surface area contributed by atoms with E-state index in [4.69, 9.17) is 9.15 Å². The van der Waals surface area contributed by atoms with Crippen LogP contribution in [0.4, 0.5) is 0 Å². The van der Waals surface area contributed by atoms with Crippen LogP contribution in [-0.4, -0.2) is 12.4 Å². The molecule has 106 valence electrons. The van der Waals surface area contributed by atoms with Crippen molar-refractivity contribution in [2.75, 3.05) is 6.61 Å². The number of ketones is 1. The highest BCUT2D eigenvalue weighted by Gasteiger charge is 2.13. The lowest BCUT2D eigenvalue weighted by molar-refractivity contribution is -0.118. The summed E-state index contributed by atoms with van der Waals surface area (Å²) in [5.74, 6) is 0.485. The number of benzene rings is 1. The zero-order valence-electron chi connectivity index (χ0n) is 12.2. The lowest BCUT2D eigenvalue weighted by Crippen LogP contribution is -2.10. The van der Waals surface area contributed by atoms with Crippen LogP contribution < -0.4 is 10.4 Å². The molecule has 1 aromatic carbocycles. The Labute approximate surface area is 117 Å². The van der Waals surface area contributed by atoms with E-state index in [9.17, 15) is 9.59 Å². The molecule has 0 saturated carbocycles. The Morgan fingerprint density at radius 1 is 1.30 bits per heavy atom. The molecule has 1 heterocycles. The van der Waals surface area contributed by atoms with Gasteiger partial charge in [0.05, 0.1) is 0 Å². The van der Waals surface area contributed by atoms with Gasteiger partial charge in [0.1, 0.15) is 17.9 Å². The minimum absolute atomic E-state index is 0.0151. The van der Waals surface area contributed by atoms with Gasteiger partial charge >= 0.3 is 5.63 Å². The third-order valence-corrected chi connectivity index (χ3v) is 3.35. The first-order chi connectivity index (χ1) is 9.43. The molecule has 20 heavy (non-hydrogen) atoms. The van der Waals surface area contributed by atoms with Gasteiger partial charge in [-0.1, -0.05) is 6.92 Å². The molecule has 0 N–H and O–H groups in total. The molecule has 0 radical (unpaired) electrons. The van der Waals surface area contributed by atoms with Crippen LogP contribution in [0, 0.1) is 13.8 Å². The van der Waals surface area contributed by atoms with Crippen LogP contribution in [0.2, 0.25) is 0 Å². The smallest absolute Gasteiger partial charge is 0.339 e. The minimum Gasteiger partial charge on any atom is -0.486 e. The van der Waals surface area contributed by atoms with Gasteiger partial charge in [0.15, 0.2) is 5.78 Å². The zero-order chi connectivity index (χ0) is 14.9. The van der Waals surface area contributed by atoms with E-state index >= 15 is 0 Å². The molecule has 4 heteroatoms. The van der Waals surface area contributed by atoms with Gasteiger partial charge in [-0.15, -0.1) is 0 Å². The van der Waals surface area contributed by atoms with E-state index < -0.39 is 0 Å². The molecule has 0 spiro atoms. The Hall–Kier alpha value is -2.10. The first-order valence-electron chi connectivity index (χ1n) is 6.63. The Morgan fingerprint density at radius 2 is 2.00 bits per heavy atom. The normalized spacial score (nSPS) is 10.8. The van der Waals surface area contributed by atoms with Gasteiger partial charge in [-0.2, -0.15) is 0 Å². The summed E-state index contributed by atoms with van der Waals surface area (Å²) in [6.07, 6.45) is 0.645. The summed E-state index contributed by atoms with van der Waals surface area (Å²) in [7, 11) is 0. The van der Waals surface area contributed by atoms with Crippen LogP contribution in [0.1, 0.15) is 30.5 Å². The van der Waals surface area contributed by atoms with E-state index in [0.29, 0.717) is 23.3 Å². The van der Waals surface area contributed by atoms with Gasteiger partial charge in [-0.25, -0.2) is 4.79 Å². The Kier molecular flexibility index (Phi) is 3.93. The number of carbonyl (C=O) groups excluding carboxylic acids is 1. The second-order valence-corrected chi connectivity index (χ2v) is 4.95. The summed E-state index contributed by atoms with van der Waals surface area (Å²) < 4.78 is 10.8. The van der Waals surface area contributed by atoms with Crippen molar-refractivity contribution in [1.82, 2.24) is 0 Å². The van der Waals surface area contributed by atoms with E-state index in [1.807, 2.05) is 26.8 Å². The highest BCUT2D eigenvalue weighted by molar-refractivity contribution is 5.86. The molecular weight excluding hydrogens is 256 g/mol. The summed E-state index contributed by atoms with van der Waals surface area (Å²) in [6.45, 7) is 7.29. The molecule has 0 bridgehead atoms.